The first-order valence-electron chi connectivity index (χ1n) is 7.72. The zero-order chi connectivity index (χ0) is 17.5. The standard InChI is InChI=1S/C18H21NO4S/c1-13(2)10-19(11-17(20)21)18(22)14-5-3-6-15(9-14)23-12-16-7-4-8-24-16/h3-9,13H,10-12H2,1-2H3,(H,20,21). The number of carboxylic acids is 1. The van der Waals surface area contributed by atoms with Crippen molar-refractivity contribution in [2.75, 3.05) is 13.1 Å². The topological polar surface area (TPSA) is 66.8 Å². The fourth-order valence-electron chi connectivity index (χ4n) is 2.27. The summed E-state index contributed by atoms with van der Waals surface area (Å²) in [5.74, 6) is -0.539. The molecule has 128 valence electrons. The fraction of sp³-hybridized carbons (Fsp3) is 0.333. The molecule has 6 heteroatoms. The molecule has 0 fully saturated rings. The van der Waals surface area contributed by atoms with Crippen LogP contribution in [0.5, 0.6) is 5.75 Å². The second kappa shape index (κ2) is 8.49. The van der Waals surface area contributed by atoms with Gasteiger partial charge in [-0.2, -0.15) is 0 Å². The Bertz CT molecular complexity index is 682. The van der Waals surface area contributed by atoms with E-state index in [-0.39, 0.29) is 18.4 Å². The number of benzene rings is 1. The van der Waals surface area contributed by atoms with Gasteiger partial charge in [-0.05, 0) is 35.6 Å². The molecule has 2 rings (SSSR count). The largest absolute Gasteiger partial charge is 0.488 e. The first kappa shape index (κ1) is 18.0. The zero-order valence-electron chi connectivity index (χ0n) is 13.8. The van der Waals surface area contributed by atoms with Crippen LogP contribution in [0.25, 0.3) is 0 Å². The molecule has 1 aromatic heterocycles. The van der Waals surface area contributed by atoms with Crippen LogP contribution < -0.4 is 4.74 Å². The number of ether oxygens (including phenoxy) is 1. The van der Waals surface area contributed by atoms with E-state index in [1.165, 1.54) is 4.90 Å². The fourth-order valence-corrected chi connectivity index (χ4v) is 2.89. The van der Waals surface area contributed by atoms with Crippen molar-refractivity contribution in [1.29, 1.82) is 0 Å². The number of carbonyl (C=O) groups excluding carboxylic acids is 1. The van der Waals surface area contributed by atoms with E-state index in [1.807, 2.05) is 31.4 Å². The second-order valence-corrected chi connectivity index (χ2v) is 6.90. The zero-order valence-corrected chi connectivity index (χ0v) is 14.6. The molecule has 1 N–H and O–H groups in total. The van der Waals surface area contributed by atoms with Gasteiger partial charge in [-0.15, -0.1) is 11.3 Å². The number of hydrogen-bond acceptors (Lipinski definition) is 4. The monoisotopic (exact) mass is 347 g/mol. The first-order chi connectivity index (χ1) is 11.5. The minimum Gasteiger partial charge on any atom is -0.488 e. The molecule has 0 atom stereocenters. The minimum atomic E-state index is -1.02. The molecule has 0 radical (unpaired) electrons. The van der Waals surface area contributed by atoms with Crippen LogP contribution >= 0.6 is 11.3 Å². The second-order valence-electron chi connectivity index (χ2n) is 5.87. The van der Waals surface area contributed by atoms with Crippen LogP contribution in [-0.2, 0) is 11.4 Å². The minimum absolute atomic E-state index is 0.187. The highest BCUT2D eigenvalue weighted by Crippen LogP contribution is 2.18. The number of carboxylic acid groups (broad SMARTS) is 1. The van der Waals surface area contributed by atoms with Gasteiger partial charge in [-0.1, -0.05) is 26.0 Å². The maximum atomic E-state index is 12.6. The van der Waals surface area contributed by atoms with E-state index in [0.29, 0.717) is 24.5 Å². The number of nitrogens with zero attached hydrogens (tertiary/aromatic N) is 1. The maximum Gasteiger partial charge on any atom is 0.323 e. The molecule has 2 aromatic rings. The number of thiophene rings is 1. The molecule has 0 aliphatic carbocycles. The van der Waals surface area contributed by atoms with E-state index in [1.54, 1.807) is 35.6 Å². The first-order valence-corrected chi connectivity index (χ1v) is 8.60. The molecule has 1 aromatic carbocycles. The van der Waals surface area contributed by atoms with Crippen molar-refractivity contribution in [3.8, 4) is 5.75 Å². The average molecular weight is 347 g/mol. The molecule has 1 amide bonds. The predicted molar refractivity (Wildman–Crippen MR) is 93.5 cm³/mol. The Morgan fingerprint density at radius 1 is 1.25 bits per heavy atom. The van der Waals surface area contributed by atoms with Crippen LogP contribution in [0.3, 0.4) is 0 Å². The summed E-state index contributed by atoms with van der Waals surface area (Å²) >= 11 is 1.61. The number of aliphatic carboxylic acids is 1. The lowest BCUT2D eigenvalue weighted by atomic mass is 10.1. The van der Waals surface area contributed by atoms with Crippen LogP contribution in [0.1, 0.15) is 29.1 Å². The molecule has 0 unspecified atom stereocenters. The van der Waals surface area contributed by atoms with Crippen LogP contribution in [0.4, 0.5) is 0 Å². The quantitative estimate of drug-likeness (QED) is 0.793. The summed E-state index contributed by atoms with van der Waals surface area (Å²) < 4.78 is 5.71. The Hall–Kier alpha value is -2.34. The van der Waals surface area contributed by atoms with E-state index >= 15 is 0 Å². The third-order valence-electron chi connectivity index (χ3n) is 3.24. The van der Waals surface area contributed by atoms with Crippen molar-refractivity contribution in [1.82, 2.24) is 4.90 Å². The van der Waals surface area contributed by atoms with E-state index in [4.69, 9.17) is 9.84 Å². The molecule has 0 aliphatic heterocycles. The van der Waals surface area contributed by atoms with Crippen molar-refractivity contribution in [2.24, 2.45) is 5.92 Å². The number of amides is 1. The highest BCUT2D eigenvalue weighted by atomic mass is 32.1. The predicted octanol–water partition coefficient (Wildman–Crippen LogP) is 3.51. The van der Waals surface area contributed by atoms with Crippen molar-refractivity contribution >= 4 is 23.2 Å². The Labute approximate surface area is 145 Å². The smallest absolute Gasteiger partial charge is 0.323 e. The summed E-state index contributed by atoms with van der Waals surface area (Å²) in [6, 6.07) is 10.8. The van der Waals surface area contributed by atoms with Gasteiger partial charge in [-0.3, -0.25) is 9.59 Å². The van der Waals surface area contributed by atoms with Crippen molar-refractivity contribution < 1.29 is 19.4 Å². The van der Waals surface area contributed by atoms with Crippen LogP contribution in [0, 0.1) is 5.92 Å². The summed E-state index contributed by atoms with van der Waals surface area (Å²) in [6.45, 7) is 4.42. The number of hydrogen-bond donors (Lipinski definition) is 1. The lowest BCUT2D eigenvalue weighted by Gasteiger charge is -2.23. The summed E-state index contributed by atoms with van der Waals surface area (Å²) in [4.78, 5) is 26.1. The third-order valence-corrected chi connectivity index (χ3v) is 4.09. The Morgan fingerprint density at radius 3 is 2.67 bits per heavy atom. The summed E-state index contributed by atoms with van der Waals surface area (Å²) in [5, 5.41) is 11.0. The molecule has 0 saturated heterocycles. The van der Waals surface area contributed by atoms with Gasteiger partial charge in [0.25, 0.3) is 5.91 Å². The molecule has 1 heterocycles. The maximum absolute atomic E-state index is 12.6. The third kappa shape index (κ3) is 5.38. The Kier molecular flexibility index (Phi) is 6.37. The van der Waals surface area contributed by atoms with Gasteiger partial charge in [0.2, 0.25) is 0 Å². The van der Waals surface area contributed by atoms with E-state index in [9.17, 15) is 9.59 Å². The summed E-state index contributed by atoms with van der Waals surface area (Å²) in [5.41, 5.74) is 0.431. The van der Waals surface area contributed by atoms with Crippen molar-refractivity contribution in [2.45, 2.75) is 20.5 Å². The van der Waals surface area contributed by atoms with E-state index in [2.05, 4.69) is 0 Å². The molecule has 0 bridgehead atoms. The van der Waals surface area contributed by atoms with Crippen LogP contribution in [0.2, 0.25) is 0 Å². The average Bonchev–Trinajstić information content (AvgIpc) is 3.04. The molecule has 0 spiro atoms. The molecule has 0 saturated carbocycles. The highest BCUT2D eigenvalue weighted by Gasteiger charge is 2.20. The Balaban J connectivity index is 2.09. The number of rotatable bonds is 8. The van der Waals surface area contributed by atoms with Gasteiger partial charge in [0.05, 0.1) is 0 Å². The molecular formula is C18H21NO4S. The van der Waals surface area contributed by atoms with Gasteiger partial charge in [-0.25, -0.2) is 0 Å². The van der Waals surface area contributed by atoms with Gasteiger partial charge in [0, 0.05) is 17.0 Å². The number of carbonyl (C=O) groups is 2. The Morgan fingerprint density at radius 2 is 2.04 bits per heavy atom. The lowest BCUT2D eigenvalue weighted by Crippen LogP contribution is -2.38. The van der Waals surface area contributed by atoms with Crippen molar-refractivity contribution in [3.05, 3.63) is 52.2 Å². The molecular weight excluding hydrogens is 326 g/mol. The summed E-state index contributed by atoms with van der Waals surface area (Å²) in [7, 11) is 0. The molecule has 5 nitrogen and oxygen atoms in total. The SMILES string of the molecule is CC(C)CN(CC(=O)O)C(=O)c1cccc(OCc2cccs2)c1. The van der Waals surface area contributed by atoms with Gasteiger partial charge >= 0.3 is 5.97 Å². The lowest BCUT2D eigenvalue weighted by molar-refractivity contribution is -0.137. The van der Waals surface area contributed by atoms with Gasteiger partial charge in [0.1, 0.15) is 18.9 Å². The van der Waals surface area contributed by atoms with Gasteiger partial charge < -0.3 is 14.7 Å². The van der Waals surface area contributed by atoms with E-state index in [0.717, 1.165) is 4.88 Å². The van der Waals surface area contributed by atoms with Crippen LogP contribution in [-0.4, -0.2) is 35.0 Å². The summed E-state index contributed by atoms with van der Waals surface area (Å²) in [6.07, 6.45) is 0. The van der Waals surface area contributed by atoms with Crippen LogP contribution in [0.15, 0.2) is 41.8 Å². The van der Waals surface area contributed by atoms with E-state index < -0.39 is 5.97 Å². The normalized spacial score (nSPS) is 10.6. The molecule has 0 aliphatic rings. The molecule has 24 heavy (non-hydrogen) atoms. The van der Waals surface area contributed by atoms with Gasteiger partial charge in [0.15, 0.2) is 0 Å². The highest BCUT2D eigenvalue weighted by molar-refractivity contribution is 7.09. The van der Waals surface area contributed by atoms with Crippen molar-refractivity contribution in [3.63, 3.8) is 0 Å².